The first kappa shape index (κ1) is 21.9. The number of hydrogen-bond acceptors (Lipinski definition) is 9. The number of pyridine rings is 1. The number of aromatic nitrogens is 5. The van der Waals surface area contributed by atoms with Gasteiger partial charge in [0.2, 0.25) is 5.28 Å². The summed E-state index contributed by atoms with van der Waals surface area (Å²) in [6, 6.07) is 4.82. The molecule has 1 saturated heterocycles. The molecule has 4 heterocycles. The van der Waals surface area contributed by atoms with Crippen molar-refractivity contribution in [2.75, 3.05) is 12.3 Å². The molecule has 3 aromatic heterocycles. The lowest BCUT2D eigenvalue weighted by atomic mass is 9.97. The number of nitrogens with zero attached hydrogens (tertiary/aromatic N) is 5. The van der Waals surface area contributed by atoms with Crippen LogP contribution in [-0.4, -0.2) is 65.0 Å². The van der Waals surface area contributed by atoms with E-state index in [-0.39, 0.29) is 23.4 Å². The van der Waals surface area contributed by atoms with E-state index in [9.17, 15) is 19.8 Å². The van der Waals surface area contributed by atoms with Gasteiger partial charge in [0.1, 0.15) is 11.7 Å². The fourth-order valence-corrected chi connectivity index (χ4v) is 3.72. The highest BCUT2D eigenvalue weighted by Gasteiger charge is 2.49. The SMILES string of the molecule is Nc1nc(Cl)nc2c1ncn2C1CCC(COC(Cc2ccccn2)(C(=O)O)C(=O)O)O1. The van der Waals surface area contributed by atoms with Crippen LogP contribution in [0.2, 0.25) is 5.28 Å². The van der Waals surface area contributed by atoms with Gasteiger partial charge in [-0.05, 0) is 36.6 Å². The van der Waals surface area contributed by atoms with Crippen LogP contribution in [0.3, 0.4) is 0 Å². The summed E-state index contributed by atoms with van der Waals surface area (Å²) in [6.45, 7) is -0.244. The largest absolute Gasteiger partial charge is 0.479 e. The highest BCUT2D eigenvalue weighted by molar-refractivity contribution is 6.28. The third-order valence-electron chi connectivity index (χ3n) is 5.18. The summed E-state index contributed by atoms with van der Waals surface area (Å²) in [5.41, 5.74) is 4.39. The molecule has 4 N–H and O–H groups in total. The fraction of sp³-hybridized carbons (Fsp3) is 0.368. The number of hydrogen-bond donors (Lipinski definition) is 3. The van der Waals surface area contributed by atoms with E-state index in [0.29, 0.717) is 24.0 Å². The number of aliphatic carboxylic acids is 2. The van der Waals surface area contributed by atoms with Crippen LogP contribution >= 0.6 is 11.6 Å². The Morgan fingerprint density at radius 2 is 2.03 bits per heavy atom. The predicted octanol–water partition coefficient (Wildman–Crippen LogP) is 1.30. The zero-order valence-electron chi connectivity index (χ0n) is 16.6. The Hall–Kier alpha value is -3.35. The van der Waals surface area contributed by atoms with Crippen LogP contribution in [0, 0.1) is 0 Å². The fourth-order valence-electron chi connectivity index (χ4n) is 3.55. The van der Waals surface area contributed by atoms with Crippen LogP contribution in [0.1, 0.15) is 24.8 Å². The number of rotatable bonds is 8. The van der Waals surface area contributed by atoms with Gasteiger partial charge in [0.05, 0.1) is 19.0 Å². The number of halogens is 1. The third-order valence-corrected chi connectivity index (χ3v) is 5.35. The second-order valence-corrected chi connectivity index (χ2v) is 7.58. The molecule has 4 rings (SSSR count). The molecule has 2 unspecified atom stereocenters. The molecule has 1 aliphatic rings. The van der Waals surface area contributed by atoms with Gasteiger partial charge in [0.15, 0.2) is 11.5 Å². The minimum Gasteiger partial charge on any atom is -0.479 e. The first-order chi connectivity index (χ1) is 15.3. The molecule has 0 spiro atoms. The molecule has 32 heavy (non-hydrogen) atoms. The molecular weight excluding hydrogens is 444 g/mol. The average Bonchev–Trinajstić information content (AvgIpc) is 3.38. The zero-order chi connectivity index (χ0) is 22.9. The van der Waals surface area contributed by atoms with Crippen molar-refractivity contribution in [2.24, 2.45) is 0 Å². The van der Waals surface area contributed by atoms with Gasteiger partial charge >= 0.3 is 11.9 Å². The first-order valence-corrected chi connectivity index (χ1v) is 9.99. The predicted molar refractivity (Wildman–Crippen MR) is 110 cm³/mol. The summed E-state index contributed by atoms with van der Waals surface area (Å²) in [4.78, 5) is 40.0. The van der Waals surface area contributed by atoms with Gasteiger partial charge in [0.25, 0.3) is 5.60 Å². The van der Waals surface area contributed by atoms with Crippen molar-refractivity contribution < 1.29 is 29.3 Å². The number of anilines is 1. The third kappa shape index (κ3) is 4.07. The van der Waals surface area contributed by atoms with Gasteiger partial charge in [-0.3, -0.25) is 9.55 Å². The molecule has 12 nitrogen and oxygen atoms in total. The van der Waals surface area contributed by atoms with Crippen LogP contribution in [0.4, 0.5) is 5.82 Å². The number of carboxylic acids is 2. The van der Waals surface area contributed by atoms with Gasteiger partial charge in [-0.15, -0.1) is 0 Å². The standard InChI is InChI=1S/C19H19ClN6O6/c20-18-24-14(21)13-15(25-18)26(9-23-13)12-5-4-11(32-12)8-31-19(16(27)28,17(29)30)7-10-3-1-2-6-22-10/h1-3,6,9,11-12H,4-5,7-8H2,(H,27,28)(H,29,30)(H2,21,24,25). The van der Waals surface area contributed by atoms with Gasteiger partial charge < -0.3 is 25.4 Å². The Morgan fingerprint density at radius 3 is 2.72 bits per heavy atom. The monoisotopic (exact) mass is 462 g/mol. The van der Waals surface area contributed by atoms with E-state index in [2.05, 4.69) is 19.9 Å². The molecule has 13 heteroatoms. The molecule has 0 aliphatic carbocycles. The molecule has 0 radical (unpaired) electrons. The summed E-state index contributed by atoms with van der Waals surface area (Å²) < 4.78 is 13.1. The van der Waals surface area contributed by atoms with E-state index in [0.717, 1.165) is 0 Å². The summed E-state index contributed by atoms with van der Waals surface area (Å²) in [5.74, 6) is -3.10. The highest BCUT2D eigenvalue weighted by atomic mass is 35.5. The van der Waals surface area contributed by atoms with Crippen molar-refractivity contribution >= 4 is 40.5 Å². The number of fused-ring (bicyclic) bond motifs is 1. The second kappa shape index (κ2) is 8.65. The summed E-state index contributed by atoms with van der Waals surface area (Å²) >= 11 is 5.89. The Kier molecular flexibility index (Phi) is 5.91. The Morgan fingerprint density at radius 1 is 1.25 bits per heavy atom. The number of carbonyl (C=O) groups is 2. The number of carboxylic acid groups (broad SMARTS) is 2. The highest BCUT2D eigenvalue weighted by Crippen LogP contribution is 2.32. The van der Waals surface area contributed by atoms with Crippen molar-refractivity contribution in [2.45, 2.75) is 37.2 Å². The van der Waals surface area contributed by atoms with Gasteiger partial charge in [-0.25, -0.2) is 14.6 Å². The van der Waals surface area contributed by atoms with E-state index < -0.39 is 36.3 Å². The average molecular weight is 463 g/mol. The number of nitrogens with two attached hydrogens (primary N) is 1. The number of nitrogen functional groups attached to an aromatic ring is 1. The molecular formula is C19H19ClN6O6. The number of ether oxygens (including phenoxy) is 2. The van der Waals surface area contributed by atoms with E-state index in [1.54, 1.807) is 16.7 Å². The molecule has 0 saturated carbocycles. The maximum absolute atomic E-state index is 11.9. The van der Waals surface area contributed by atoms with E-state index >= 15 is 0 Å². The topological polar surface area (TPSA) is 176 Å². The van der Waals surface area contributed by atoms with Gasteiger partial charge in [-0.2, -0.15) is 9.97 Å². The maximum atomic E-state index is 11.9. The van der Waals surface area contributed by atoms with Gasteiger partial charge in [-0.1, -0.05) is 6.07 Å². The second-order valence-electron chi connectivity index (χ2n) is 7.24. The van der Waals surface area contributed by atoms with Crippen LogP contribution in [0.5, 0.6) is 0 Å². The van der Waals surface area contributed by atoms with Crippen LogP contribution in [0.15, 0.2) is 30.7 Å². The van der Waals surface area contributed by atoms with Crippen molar-refractivity contribution in [3.63, 3.8) is 0 Å². The van der Waals surface area contributed by atoms with E-state index in [4.69, 9.17) is 26.8 Å². The summed E-state index contributed by atoms with van der Waals surface area (Å²) in [7, 11) is 0. The van der Waals surface area contributed by atoms with Gasteiger partial charge in [0, 0.05) is 18.3 Å². The van der Waals surface area contributed by atoms with Crippen LogP contribution in [0.25, 0.3) is 11.2 Å². The molecule has 2 atom stereocenters. The molecule has 0 amide bonds. The lowest BCUT2D eigenvalue weighted by Crippen LogP contribution is -2.52. The number of imidazole rings is 1. The van der Waals surface area contributed by atoms with E-state index in [1.165, 1.54) is 18.6 Å². The Labute approximate surface area is 186 Å². The van der Waals surface area contributed by atoms with Crippen molar-refractivity contribution in [1.29, 1.82) is 0 Å². The van der Waals surface area contributed by atoms with Crippen LogP contribution < -0.4 is 5.73 Å². The smallest absolute Gasteiger partial charge is 0.348 e. The normalized spacial score (nSPS) is 18.8. The quantitative estimate of drug-likeness (QED) is 0.324. The molecule has 1 aliphatic heterocycles. The molecule has 168 valence electrons. The summed E-state index contributed by atoms with van der Waals surface area (Å²) in [5, 5.41) is 19.3. The summed E-state index contributed by atoms with van der Waals surface area (Å²) in [6.07, 6.45) is 2.51. The molecule has 0 aromatic carbocycles. The molecule has 3 aromatic rings. The first-order valence-electron chi connectivity index (χ1n) is 9.62. The lowest BCUT2D eigenvalue weighted by molar-refractivity contribution is -0.188. The zero-order valence-corrected chi connectivity index (χ0v) is 17.3. The Balaban J connectivity index is 1.49. The maximum Gasteiger partial charge on any atom is 0.348 e. The lowest BCUT2D eigenvalue weighted by Gasteiger charge is -2.26. The van der Waals surface area contributed by atoms with E-state index in [1.807, 2.05) is 0 Å². The Bertz CT molecular complexity index is 1140. The van der Waals surface area contributed by atoms with Crippen molar-refractivity contribution in [1.82, 2.24) is 24.5 Å². The van der Waals surface area contributed by atoms with Crippen molar-refractivity contribution in [3.8, 4) is 0 Å². The minimum absolute atomic E-state index is 0.0307. The minimum atomic E-state index is -2.49. The van der Waals surface area contributed by atoms with Crippen molar-refractivity contribution in [3.05, 3.63) is 41.7 Å². The van der Waals surface area contributed by atoms with Crippen LogP contribution in [-0.2, 0) is 25.5 Å². The molecule has 0 bridgehead atoms. The molecule has 1 fully saturated rings.